The lowest BCUT2D eigenvalue weighted by Crippen LogP contribution is -2.30. The molecule has 0 radical (unpaired) electrons. The van der Waals surface area contributed by atoms with E-state index < -0.39 is 6.10 Å². The number of rotatable bonds is 6. The Hall–Kier alpha value is -1.00. The summed E-state index contributed by atoms with van der Waals surface area (Å²) in [6, 6.07) is 6.33. The minimum Gasteiger partial charge on any atom is -0.392 e. The zero-order chi connectivity index (χ0) is 13.5. The molecule has 1 amide bonds. The topological polar surface area (TPSA) is 49.3 Å². The second-order valence-corrected chi connectivity index (χ2v) is 5.67. The first-order chi connectivity index (χ1) is 8.49. The van der Waals surface area contributed by atoms with Crippen molar-refractivity contribution in [3.8, 4) is 0 Å². The van der Waals surface area contributed by atoms with Crippen LogP contribution in [0.2, 0.25) is 0 Å². The molecule has 100 valence electrons. The maximum atomic E-state index is 11.4. The number of carbonyl (C=O) groups excluding carboxylic acids is 1. The molecule has 0 saturated carbocycles. The van der Waals surface area contributed by atoms with Gasteiger partial charge in [-0.2, -0.15) is 0 Å². The van der Waals surface area contributed by atoms with E-state index in [9.17, 15) is 4.79 Å². The highest BCUT2D eigenvalue weighted by molar-refractivity contribution is 7.99. The van der Waals surface area contributed by atoms with E-state index in [1.807, 2.05) is 0 Å². The molecule has 0 heterocycles. The molecule has 0 aliphatic heterocycles. The van der Waals surface area contributed by atoms with Gasteiger partial charge in [0.05, 0.1) is 6.10 Å². The van der Waals surface area contributed by atoms with E-state index in [0.29, 0.717) is 13.0 Å². The summed E-state index contributed by atoms with van der Waals surface area (Å²) >= 11 is 1.68. The SMILES string of the molecule is Cc1ccc(SCCC(=O)NC[C@@H](C)O)cc1C. The lowest BCUT2D eigenvalue weighted by Gasteiger charge is -2.07. The van der Waals surface area contributed by atoms with Gasteiger partial charge in [-0.3, -0.25) is 4.79 Å². The minimum atomic E-state index is -0.485. The van der Waals surface area contributed by atoms with Crippen LogP contribution in [0.15, 0.2) is 23.1 Å². The van der Waals surface area contributed by atoms with Crippen molar-refractivity contribution in [1.29, 1.82) is 0 Å². The fraction of sp³-hybridized carbons (Fsp3) is 0.500. The molecule has 3 nitrogen and oxygen atoms in total. The largest absolute Gasteiger partial charge is 0.392 e. The van der Waals surface area contributed by atoms with Crippen molar-refractivity contribution in [3.63, 3.8) is 0 Å². The fourth-order valence-electron chi connectivity index (χ4n) is 1.42. The average molecular weight is 267 g/mol. The number of aryl methyl sites for hydroxylation is 2. The van der Waals surface area contributed by atoms with Crippen LogP contribution in [-0.2, 0) is 4.79 Å². The highest BCUT2D eigenvalue weighted by Crippen LogP contribution is 2.21. The molecule has 0 bridgehead atoms. The van der Waals surface area contributed by atoms with Gasteiger partial charge in [-0.05, 0) is 44.0 Å². The third-order valence-electron chi connectivity index (χ3n) is 2.67. The number of hydrogen-bond donors (Lipinski definition) is 2. The van der Waals surface area contributed by atoms with E-state index in [4.69, 9.17) is 5.11 Å². The van der Waals surface area contributed by atoms with Crippen LogP contribution in [0.3, 0.4) is 0 Å². The summed E-state index contributed by atoms with van der Waals surface area (Å²) in [5, 5.41) is 11.7. The number of nitrogens with one attached hydrogen (secondary N) is 1. The first-order valence-electron chi connectivity index (χ1n) is 6.14. The smallest absolute Gasteiger partial charge is 0.220 e. The van der Waals surface area contributed by atoms with Crippen LogP contribution in [0.1, 0.15) is 24.5 Å². The number of aliphatic hydroxyl groups is 1. The van der Waals surface area contributed by atoms with Crippen molar-refractivity contribution < 1.29 is 9.90 Å². The molecule has 18 heavy (non-hydrogen) atoms. The van der Waals surface area contributed by atoms with Crippen molar-refractivity contribution in [2.75, 3.05) is 12.3 Å². The molecular weight excluding hydrogens is 246 g/mol. The van der Waals surface area contributed by atoms with Crippen LogP contribution >= 0.6 is 11.8 Å². The van der Waals surface area contributed by atoms with Gasteiger partial charge in [-0.1, -0.05) is 6.07 Å². The maximum absolute atomic E-state index is 11.4. The van der Waals surface area contributed by atoms with Crippen LogP contribution in [0.25, 0.3) is 0 Å². The summed E-state index contributed by atoms with van der Waals surface area (Å²) in [5.41, 5.74) is 2.56. The van der Waals surface area contributed by atoms with Crippen molar-refractivity contribution in [1.82, 2.24) is 5.32 Å². The minimum absolute atomic E-state index is 0.00719. The number of thioether (sulfide) groups is 1. The molecule has 0 unspecified atom stereocenters. The van der Waals surface area contributed by atoms with Gasteiger partial charge in [0.25, 0.3) is 0 Å². The van der Waals surface area contributed by atoms with Crippen LogP contribution in [-0.4, -0.2) is 29.4 Å². The molecule has 0 spiro atoms. The van der Waals surface area contributed by atoms with Crippen LogP contribution in [0.5, 0.6) is 0 Å². The summed E-state index contributed by atoms with van der Waals surface area (Å²) in [6.07, 6.45) is -0.00836. The van der Waals surface area contributed by atoms with Crippen LogP contribution in [0, 0.1) is 13.8 Å². The average Bonchev–Trinajstić information content (AvgIpc) is 2.31. The summed E-state index contributed by atoms with van der Waals surface area (Å²) in [7, 11) is 0. The normalized spacial score (nSPS) is 12.2. The number of benzene rings is 1. The van der Waals surface area contributed by atoms with Gasteiger partial charge in [-0.15, -0.1) is 11.8 Å². The predicted molar refractivity (Wildman–Crippen MR) is 75.9 cm³/mol. The van der Waals surface area contributed by atoms with Crippen molar-refractivity contribution in [3.05, 3.63) is 29.3 Å². The van der Waals surface area contributed by atoms with E-state index in [0.717, 1.165) is 5.75 Å². The van der Waals surface area contributed by atoms with Gasteiger partial charge in [0, 0.05) is 23.6 Å². The molecule has 4 heteroatoms. The Bertz CT molecular complexity index is 405. The molecule has 0 saturated heterocycles. The summed E-state index contributed by atoms with van der Waals surface area (Å²) < 4.78 is 0. The van der Waals surface area contributed by atoms with Crippen molar-refractivity contribution in [2.45, 2.75) is 38.2 Å². The number of amides is 1. The summed E-state index contributed by atoms with van der Waals surface area (Å²) in [6.45, 7) is 6.17. The number of carbonyl (C=O) groups is 1. The standard InChI is InChI=1S/C14H21NO2S/c1-10-4-5-13(8-11(10)2)18-7-6-14(17)15-9-12(3)16/h4-5,8,12,16H,6-7,9H2,1-3H3,(H,15,17)/t12-/m1/s1. The van der Waals surface area contributed by atoms with Crippen LogP contribution in [0.4, 0.5) is 0 Å². The Morgan fingerprint density at radius 3 is 2.72 bits per heavy atom. The Morgan fingerprint density at radius 1 is 1.39 bits per heavy atom. The second kappa shape index (κ2) is 7.44. The fourth-order valence-corrected chi connectivity index (χ4v) is 2.36. The molecule has 0 aromatic heterocycles. The van der Waals surface area contributed by atoms with Gasteiger partial charge >= 0.3 is 0 Å². The number of hydrogen-bond acceptors (Lipinski definition) is 3. The molecule has 1 aromatic rings. The monoisotopic (exact) mass is 267 g/mol. The van der Waals surface area contributed by atoms with Gasteiger partial charge < -0.3 is 10.4 Å². The molecule has 0 aliphatic carbocycles. The predicted octanol–water partition coefficient (Wildman–Crippen LogP) is 2.28. The lowest BCUT2D eigenvalue weighted by atomic mass is 10.1. The van der Waals surface area contributed by atoms with E-state index in [1.165, 1.54) is 16.0 Å². The molecule has 1 aromatic carbocycles. The molecule has 0 aliphatic rings. The Labute approximate surface area is 113 Å². The molecule has 1 atom stereocenters. The third-order valence-corrected chi connectivity index (χ3v) is 3.67. The summed E-state index contributed by atoms with van der Waals surface area (Å²) in [5.74, 6) is 0.751. The first kappa shape index (κ1) is 15.1. The van der Waals surface area contributed by atoms with Crippen molar-refractivity contribution in [2.24, 2.45) is 0 Å². The van der Waals surface area contributed by atoms with E-state index in [1.54, 1.807) is 18.7 Å². The van der Waals surface area contributed by atoms with Crippen molar-refractivity contribution >= 4 is 17.7 Å². The number of aliphatic hydroxyl groups excluding tert-OH is 1. The van der Waals surface area contributed by atoms with E-state index in [-0.39, 0.29) is 5.91 Å². The van der Waals surface area contributed by atoms with Crippen LogP contribution < -0.4 is 5.32 Å². The Morgan fingerprint density at radius 2 is 2.11 bits per heavy atom. The Balaban J connectivity index is 2.28. The highest BCUT2D eigenvalue weighted by Gasteiger charge is 2.04. The maximum Gasteiger partial charge on any atom is 0.220 e. The Kier molecular flexibility index (Phi) is 6.22. The van der Waals surface area contributed by atoms with Gasteiger partial charge in [0.2, 0.25) is 5.91 Å². The van der Waals surface area contributed by atoms with Gasteiger partial charge in [-0.25, -0.2) is 0 Å². The van der Waals surface area contributed by atoms with Gasteiger partial charge in [0.1, 0.15) is 0 Å². The zero-order valence-corrected chi connectivity index (χ0v) is 12.0. The molecule has 1 rings (SSSR count). The summed E-state index contributed by atoms with van der Waals surface area (Å²) in [4.78, 5) is 12.6. The van der Waals surface area contributed by atoms with E-state index >= 15 is 0 Å². The quantitative estimate of drug-likeness (QED) is 0.777. The lowest BCUT2D eigenvalue weighted by molar-refractivity contribution is -0.121. The molecule has 2 N–H and O–H groups in total. The molecule has 0 fully saturated rings. The zero-order valence-electron chi connectivity index (χ0n) is 11.2. The van der Waals surface area contributed by atoms with E-state index in [2.05, 4.69) is 37.4 Å². The van der Waals surface area contributed by atoms with Gasteiger partial charge in [0.15, 0.2) is 0 Å². The third kappa shape index (κ3) is 5.56. The first-order valence-corrected chi connectivity index (χ1v) is 7.12. The second-order valence-electron chi connectivity index (χ2n) is 4.50. The molecular formula is C14H21NO2S. The highest BCUT2D eigenvalue weighted by atomic mass is 32.2.